The zero-order valence-electron chi connectivity index (χ0n) is 28.2. The van der Waals surface area contributed by atoms with E-state index in [0.717, 1.165) is 17.7 Å². The number of anilines is 3. The van der Waals surface area contributed by atoms with Crippen molar-refractivity contribution in [1.82, 2.24) is 4.90 Å². The Labute approximate surface area is 282 Å². The number of carbonyl (C=O) groups is 4. The number of esters is 1. The molecule has 0 radical (unpaired) electrons. The number of nitrogens with zero attached hydrogens (tertiary/aromatic N) is 3. The number of hydrogen-bond donors (Lipinski definition) is 1. The van der Waals surface area contributed by atoms with Gasteiger partial charge in [-0.2, -0.15) is 0 Å². The van der Waals surface area contributed by atoms with Crippen molar-refractivity contribution in [3.05, 3.63) is 53.6 Å². The van der Waals surface area contributed by atoms with Crippen molar-refractivity contribution in [2.45, 2.75) is 94.7 Å². The summed E-state index contributed by atoms with van der Waals surface area (Å²) in [5.74, 6) is -1.53. The monoisotopic (exact) mass is 679 g/mol. The van der Waals surface area contributed by atoms with Crippen molar-refractivity contribution in [3.8, 4) is 0 Å². The van der Waals surface area contributed by atoms with Gasteiger partial charge in [0.2, 0.25) is 20.2 Å². The van der Waals surface area contributed by atoms with E-state index in [0.29, 0.717) is 62.1 Å². The summed E-state index contributed by atoms with van der Waals surface area (Å²) >= 11 is 0. The zero-order valence-corrected chi connectivity index (χ0v) is 29.2. The number of aryl methyl sites for hydroxylation is 1. The van der Waals surface area contributed by atoms with Crippen molar-refractivity contribution >= 4 is 49.2 Å². The van der Waals surface area contributed by atoms with Gasteiger partial charge in [0.25, 0.3) is 5.91 Å². The van der Waals surface area contributed by atoms with Gasteiger partial charge in [0.1, 0.15) is 0 Å². The molecule has 2 saturated heterocycles. The van der Waals surface area contributed by atoms with E-state index in [-0.39, 0.29) is 49.2 Å². The number of aliphatic hydroxyl groups excluding tert-OH is 1. The summed E-state index contributed by atoms with van der Waals surface area (Å²) in [5.41, 5.74) is 1.37. The minimum atomic E-state index is -3.53. The van der Waals surface area contributed by atoms with Crippen LogP contribution in [0.5, 0.6) is 0 Å². The number of para-hydroxylation sites is 1. The van der Waals surface area contributed by atoms with E-state index in [2.05, 4.69) is 0 Å². The molecule has 48 heavy (non-hydrogen) atoms. The maximum atomic E-state index is 16.4. The molecule has 4 aliphatic rings. The molecule has 0 bridgehead atoms. The van der Waals surface area contributed by atoms with Crippen LogP contribution >= 0.6 is 0 Å². The highest BCUT2D eigenvalue weighted by atomic mass is 28.4. The lowest BCUT2D eigenvalue weighted by atomic mass is 9.82. The Balaban J connectivity index is 1.41. The van der Waals surface area contributed by atoms with Gasteiger partial charge in [0.15, 0.2) is 5.60 Å². The fourth-order valence-corrected chi connectivity index (χ4v) is 11.1. The number of benzene rings is 2. The van der Waals surface area contributed by atoms with Gasteiger partial charge in [-0.3, -0.25) is 24.1 Å². The maximum Gasteiger partial charge on any atom is 0.305 e. The summed E-state index contributed by atoms with van der Waals surface area (Å²) in [4.78, 5) is 58.7. The lowest BCUT2D eigenvalue weighted by Gasteiger charge is -2.32. The molecule has 1 spiro atoms. The van der Waals surface area contributed by atoms with Crippen LogP contribution in [0.4, 0.5) is 21.2 Å². The number of aliphatic hydroxyl groups is 1. The molecule has 0 unspecified atom stereocenters. The van der Waals surface area contributed by atoms with E-state index in [9.17, 15) is 24.3 Å². The minimum absolute atomic E-state index is 0.0604. The first-order valence-corrected chi connectivity index (χ1v) is 20.1. The number of ether oxygens (including phenoxy) is 2. The van der Waals surface area contributed by atoms with Crippen LogP contribution in [-0.2, 0) is 40.7 Å². The SMILES string of the molecule is COC(=O)CCCCN1C(=O)[C@]2(O[C@H](CC(=O)N3CCC[C@H]3CO)[C@@H]([Si](C)(C)F)[C@@H]2C)c2cc(N3C(=O)CCc4ccccc43)ccc21. The third-order valence-corrected chi connectivity index (χ3v) is 13.3. The molecular formula is C36H46FN3O7Si. The molecule has 6 rings (SSSR count). The summed E-state index contributed by atoms with van der Waals surface area (Å²) in [7, 11) is -2.19. The quantitative estimate of drug-likeness (QED) is 0.160. The lowest BCUT2D eigenvalue weighted by molar-refractivity contribution is -0.150. The zero-order chi connectivity index (χ0) is 34.4. The molecule has 2 fully saturated rings. The van der Waals surface area contributed by atoms with E-state index >= 15 is 4.11 Å². The van der Waals surface area contributed by atoms with E-state index in [1.54, 1.807) is 27.8 Å². The summed E-state index contributed by atoms with van der Waals surface area (Å²) < 4.78 is 28.0. The van der Waals surface area contributed by atoms with E-state index in [4.69, 9.17) is 9.47 Å². The Bertz CT molecular complexity index is 1600. The van der Waals surface area contributed by atoms with Crippen molar-refractivity contribution in [2.75, 3.05) is 36.6 Å². The molecule has 3 amide bonds. The third-order valence-electron chi connectivity index (χ3n) is 10.8. The Morgan fingerprint density at radius 2 is 1.88 bits per heavy atom. The van der Waals surface area contributed by atoms with Gasteiger partial charge in [-0.1, -0.05) is 25.1 Å². The van der Waals surface area contributed by atoms with Crippen LogP contribution in [0.2, 0.25) is 18.6 Å². The molecule has 5 atom stereocenters. The normalized spacial score (nSPS) is 26.8. The highest BCUT2D eigenvalue weighted by Crippen LogP contribution is 2.61. The topological polar surface area (TPSA) is 117 Å². The van der Waals surface area contributed by atoms with Crippen LogP contribution in [-0.4, -0.2) is 81.1 Å². The smallest absolute Gasteiger partial charge is 0.305 e. The third kappa shape index (κ3) is 5.85. The second-order valence-electron chi connectivity index (χ2n) is 14.1. The molecule has 4 aliphatic heterocycles. The summed E-state index contributed by atoms with van der Waals surface area (Å²) in [6.45, 7) is 5.75. The van der Waals surface area contributed by atoms with E-state index in [1.807, 2.05) is 49.4 Å². The number of rotatable bonds is 10. The predicted molar refractivity (Wildman–Crippen MR) is 181 cm³/mol. The Morgan fingerprint density at radius 1 is 1.10 bits per heavy atom. The highest BCUT2D eigenvalue weighted by Gasteiger charge is 2.67. The first-order valence-electron chi connectivity index (χ1n) is 17.1. The number of fused-ring (bicyclic) bond motifs is 3. The summed E-state index contributed by atoms with van der Waals surface area (Å²) in [5, 5.41) is 9.87. The molecule has 258 valence electrons. The van der Waals surface area contributed by atoms with Gasteiger partial charge in [0, 0.05) is 48.6 Å². The number of halogens is 1. The van der Waals surface area contributed by atoms with Crippen molar-refractivity contribution in [2.24, 2.45) is 5.92 Å². The fourth-order valence-electron chi connectivity index (χ4n) is 8.59. The second kappa shape index (κ2) is 13.4. The standard InChI is InChI=1S/C36H46FN3O7Si/c1-23-34(48(3,4)37)30(21-32(43)38-19-9-11-26(38)22-41)47-36(23)27-20-25(40-28-12-6-5-10-24(28)14-17-31(40)42)15-16-29(27)39(35(36)45)18-8-7-13-33(44)46-2/h5-6,10,12,15-16,20,23,26,30,34,41H,7-9,11,13-14,17-19,21-22H2,1-4H3/t23-,26-,30+,34-,36+/m0/s1. The molecule has 0 aromatic heterocycles. The first-order chi connectivity index (χ1) is 22.9. The van der Waals surface area contributed by atoms with Gasteiger partial charge < -0.3 is 28.5 Å². The number of hydrogen-bond acceptors (Lipinski definition) is 7. The second-order valence-corrected chi connectivity index (χ2v) is 17.9. The average Bonchev–Trinajstić information content (AvgIpc) is 3.72. The van der Waals surface area contributed by atoms with E-state index < -0.39 is 31.6 Å². The van der Waals surface area contributed by atoms with Crippen LogP contribution in [0, 0.1) is 5.92 Å². The van der Waals surface area contributed by atoms with Crippen LogP contribution in [0.3, 0.4) is 0 Å². The van der Waals surface area contributed by atoms with Crippen LogP contribution in [0.15, 0.2) is 42.5 Å². The molecule has 10 nitrogen and oxygen atoms in total. The van der Waals surface area contributed by atoms with Crippen molar-refractivity contribution in [1.29, 1.82) is 0 Å². The van der Waals surface area contributed by atoms with Crippen LogP contribution < -0.4 is 9.80 Å². The van der Waals surface area contributed by atoms with Gasteiger partial charge in [-0.25, -0.2) is 0 Å². The Kier molecular flexibility index (Phi) is 9.53. The molecule has 1 N–H and O–H groups in total. The lowest BCUT2D eigenvalue weighted by Crippen LogP contribution is -2.45. The Morgan fingerprint density at radius 3 is 2.60 bits per heavy atom. The van der Waals surface area contributed by atoms with Crippen molar-refractivity contribution in [3.63, 3.8) is 0 Å². The molecule has 4 heterocycles. The highest BCUT2D eigenvalue weighted by molar-refractivity contribution is 6.72. The molecule has 2 aromatic carbocycles. The number of methoxy groups -OCH3 is 1. The predicted octanol–water partition coefficient (Wildman–Crippen LogP) is 5.14. The van der Waals surface area contributed by atoms with Gasteiger partial charge in [0.05, 0.1) is 43.7 Å². The molecule has 12 heteroatoms. The number of amides is 3. The fraction of sp³-hybridized carbons (Fsp3) is 0.556. The van der Waals surface area contributed by atoms with Gasteiger partial charge in [-0.05, 0) is 75.0 Å². The Hall–Kier alpha value is -3.61. The number of unbranched alkanes of at least 4 members (excludes halogenated alkanes) is 1. The molecule has 2 aromatic rings. The first kappa shape index (κ1) is 34.3. The van der Waals surface area contributed by atoms with Crippen LogP contribution in [0.25, 0.3) is 0 Å². The molecule has 0 aliphatic carbocycles. The number of carbonyl (C=O) groups excluding carboxylic acids is 4. The van der Waals surface area contributed by atoms with Gasteiger partial charge in [-0.15, -0.1) is 0 Å². The van der Waals surface area contributed by atoms with E-state index in [1.165, 1.54) is 7.11 Å². The summed E-state index contributed by atoms with van der Waals surface area (Å²) in [6.07, 6.45) is 2.79. The van der Waals surface area contributed by atoms with Gasteiger partial charge >= 0.3 is 5.97 Å². The average molecular weight is 680 g/mol. The van der Waals surface area contributed by atoms with Crippen LogP contribution in [0.1, 0.15) is 63.0 Å². The maximum absolute atomic E-state index is 16.4. The summed E-state index contributed by atoms with van der Waals surface area (Å²) in [6, 6.07) is 13.0. The molecule has 0 saturated carbocycles. The minimum Gasteiger partial charge on any atom is -0.469 e. The van der Waals surface area contributed by atoms with Crippen molar-refractivity contribution < 1.29 is 37.9 Å². The molecular weight excluding hydrogens is 633 g/mol. The largest absolute Gasteiger partial charge is 0.469 e. The number of likely N-dealkylation sites (tertiary alicyclic amines) is 1.